The second-order valence-corrected chi connectivity index (χ2v) is 10.6. The fourth-order valence-corrected chi connectivity index (χ4v) is 6.17. The molecule has 1 aromatic heterocycles. The number of likely N-dealkylation sites (tertiary alicyclic amines) is 1. The molecule has 1 saturated heterocycles. The molecule has 2 aliphatic rings. The van der Waals surface area contributed by atoms with E-state index < -0.39 is 5.97 Å². The van der Waals surface area contributed by atoms with E-state index in [-0.39, 0.29) is 17.2 Å². The van der Waals surface area contributed by atoms with Crippen LogP contribution in [0.25, 0.3) is 10.4 Å². The number of benzene rings is 1. The standard InChI is InChI=1S/C24H30N2O3S/c1-24(2)11-9-19-17(13-24)20(23(28)29)21(30-19)16-7-5-6-8-18(16)26(4)22(27)15-10-12-25(3)14-15/h5-8,15H,9-14H2,1-4H3,(H,28,29)/t15-/m0/s1. The van der Waals surface area contributed by atoms with Gasteiger partial charge >= 0.3 is 5.97 Å². The zero-order valence-corrected chi connectivity index (χ0v) is 19.0. The Morgan fingerprint density at radius 2 is 2.00 bits per heavy atom. The van der Waals surface area contributed by atoms with Gasteiger partial charge in [-0.1, -0.05) is 32.0 Å². The summed E-state index contributed by atoms with van der Waals surface area (Å²) in [6, 6.07) is 7.73. The molecule has 0 unspecified atom stereocenters. The molecule has 1 aliphatic heterocycles. The summed E-state index contributed by atoms with van der Waals surface area (Å²) in [6.45, 7) is 6.12. The van der Waals surface area contributed by atoms with Gasteiger partial charge in [-0.25, -0.2) is 4.79 Å². The van der Waals surface area contributed by atoms with Crippen LogP contribution in [0.2, 0.25) is 0 Å². The highest BCUT2D eigenvalue weighted by molar-refractivity contribution is 7.16. The Morgan fingerprint density at radius 3 is 2.67 bits per heavy atom. The van der Waals surface area contributed by atoms with E-state index >= 15 is 0 Å². The lowest BCUT2D eigenvalue weighted by molar-refractivity contribution is -0.121. The van der Waals surface area contributed by atoms with Gasteiger partial charge in [0.05, 0.1) is 22.0 Å². The molecule has 1 aromatic carbocycles. The monoisotopic (exact) mass is 426 g/mol. The Kier molecular flexibility index (Phi) is 5.49. The van der Waals surface area contributed by atoms with Crippen LogP contribution in [0.1, 0.15) is 47.5 Å². The van der Waals surface area contributed by atoms with Crippen molar-refractivity contribution in [2.45, 2.75) is 39.5 Å². The lowest BCUT2D eigenvalue weighted by Gasteiger charge is -2.29. The Balaban J connectivity index is 1.77. The predicted molar refractivity (Wildman–Crippen MR) is 122 cm³/mol. The van der Waals surface area contributed by atoms with Crippen LogP contribution in [-0.4, -0.2) is 49.1 Å². The Labute approximate surface area is 182 Å². The molecule has 30 heavy (non-hydrogen) atoms. The Bertz CT molecular complexity index is 994. The normalized spacial score (nSPS) is 20.7. The van der Waals surface area contributed by atoms with Gasteiger partial charge in [-0.05, 0) is 56.3 Å². The van der Waals surface area contributed by atoms with Gasteiger partial charge < -0.3 is 14.9 Å². The number of carboxylic acid groups (broad SMARTS) is 1. The third-order valence-electron chi connectivity index (χ3n) is 6.57. The number of carboxylic acids is 1. The number of para-hydroxylation sites is 1. The average Bonchev–Trinajstić information content (AvgIpc) is 3.29. The molecule has 1 atom stereocenters. The minimum absolute atomic E-state index is 0.00987. The topological polar surface area (TPSA) is 60.9 Å². The molecule has 1 N–H and O–H groups in total. The number of hydrogen-bond donors (Lipinski definition) is 1. The Morgan fingerprint density at radius 1 is 1.27 bits per heavy atom. The summed E-state index contributed by atoms with van der Waals surface area (Å²) in [5.74, 6) is -0.781. The van der Waals surface area contributed by atoms with E-state index in [1.54, 1.807) is 16.2 Å². The summed E-state index contributed by atoms with van der Waals surface area (Å²) in [5, 5.41) is 10.1. The zero-order chi connectivity index (χ0) is 21.6. The van der Waals surface area contributed by atoms with Crippen LogP contribution >= 0.6 is 11.3 Å². The van der Waals surface area contributed by atoms with Crippen LogP contribution in [0, 0.1) is 11.3 Å². The number of amides is 1. The van der Waals surface area contributed by atoms with Gasteiger partial charge in [0, 0.05) is 24.0 Å². The first-order valence-corrected chi connectivity index (χ1v) is 11.4. The third kappa shape index (κ3) is 3.79. The smallest absolute Gasteiger partial charge is 0.337 e. The number of hydrogen-bond acceptors (Lipinski definition) is 4. The maximum Gasteiger partial charge on any atom is 0.337 e. The van der Waals surface area contributed by atoms with Crippen LogP contribution < -0.4 is 4.90 Å². The molecule has 4 rings (SSSR count). The summed E-state index contributed by atoms with van der Waals surface area (Å²) in [4.78, 5) is 31.4. The van der Waals surface area contributed by atoms with Crippen LogP contribution in [0.5, 0.6) is 0 Å². The van der Waals surface area contributed by atoms with Gasteiger partial charge in [-0.3, -0.25) is 4.79 Å². The van der Waals surface area contributed by atoms with Crippen molar-refractivity contribution in [3.05, 3.63) is 40.3 Å². The molecule has 6 heteroatoms. The van der Waals surface area contributed by atoms with E-state index in [2.05, 4.69) is 18.7 Å². The van der Waals surface area contributed by atoms with E-state index in [1.807, 2.05) is 38.4 Å². The van der Waals surface area contributed by atoms with Crippen molar-refractivity contribution in [3.8, 4) is 10.4 Å². The fourth-order valence-electron chi connectivity index (χ4n) is 4.82. The summed E-state index contributed by atoms with van der Waals surface area (Å²) in [7, 11) is 3.86. The molecular formula is C24H30N2O3S. The van der Waals surface area contributed by atoms with Crippen molar-refractivity contribution in [1.29, 1.82) is 0 Å². The van der Waals surface area contributed by atoms with Gasteiger partial charge in [0.25, 0.3) is 0 Å². The number of thiophene rings is 1. The highest BCUT2D eigenvalue weighted by Gasteiger charge is 2.34. The zero-order valence-electron chi connectivity index (χ0n) is 18.2. The fraction of sp³-hybridized carbons (Fsp3) is 0.500. The molecule has 1 fully saturated rings. The first-order valence-electron chi connectivity index (χ1n) is 10.6. The highest BCUT2D eigenvalue weighted by Crippen LogP contribution is 2.47. The van der Waals surface area contributed by atoms with Crippen LogP contribution in [0.3, 0.4) is 0 Å². The molecule has 1 aliphatic carbocycles. The van der Waals surface area contributed by atoms with Crippen molar-refractivity contribution in [3.63, 3.8) is 0 Å². The van der Waals surface area contributed by atoms with Gasteiger partial charge in [0.15, 0.2) is 0 Å². The summed E-state index contributed by atoms with van der Waals surface area (Å²) >= 11 is 1.59. The van der Waals surface area contributed by atoms with Crippen LogP contribution in [0.4, 0.5) is 5.69 Å². The van der Waals surface area contributed by atoms with E-state index in [0.29, 0.717) is 5.56 Å². The number of aromatic carboxylic acids is 1. The molecule has 160 valence electrons. The minimum atomic E-state index is -0.874. The largest absolute Gasteiger partial charge is 0.478 e. The Hall–Kier alpha value is -2.18. The van der Waals surface area contributed by atoms with Gasteiger partial charge in [0.1, 0.15) is 0 Å². The van der Waals surface area contributed by atoms with Crippen molar-refractivity contribution in [1.82, 2.24) is 4.90 Å². The van der Waals surface area contributed by atoms with Gasteiger partial charge in [-0.2, -0.15) is 0 Å². The van der Waals surface area contributed by atoms with Crippen LogP contribution in [-0.2, 0) is 17.6 Å². The van der Waals surface area contributed by atoms with E-state index in [1.165, 1.54) is 4.88 Å². The van der Waals surface area contributed by atoms with Crippen molar-refractivity contribution in [2.24, 2.45) is 11.3 Å². The predicted octanol–water partition coefficient (Wildman–Crippen LogP) is 4.54. The van der Waals surface area contributed by atoms with Crippen LogP contribution in [0.15, 0.2) is 24.3 Å². The third-order valence-corrected chi connectivity index (χ3v) is 7.90. The van der Waals surface area contributed by atoms with Gasteiger partial charge in [0.2, 0.25) is 5.91 Å². The van der Waals surface area contributed by atoms with Crippen molar-refractivity contribution >= 4 is 28.9 Å². The lowest BCUT2D eigenvalue weighted by atomic mass is 9.76. The molecule has 2 aromatic rings. The average molecular weight is 427 g/mol. The van der Waals surface area contributed by atoms with E-state index in [9.17, 15) is 14.7 Å². The van der Waals surface area contributed by atoms with E-state index in [4.69, 9.17) is 0 Å². The number of rotatable bonds is 4. The molecule has 0 spiro atoms. The molecule has 0 bridgehead atoms. The molecule has 0 saturated carbocycles. The number of carbonyl (C=O) groups is 2. The van der Waals surface area contributed by atoms with Gasteiger partial charge in [-0.15, -0.1) is 11.3 Å². The maximum atomic E-state index is 13.2. The maximum absolute atomic E-state index is 13.2. The highest BCUT2D eigenvalue weighted by atomic mass is 32.1. The summed E-state index contributed by atoms with van der Waals surface area (Å²) in [6.07, 6.45) is 3.63. The molecule has 0 radical (unpaired) electrons. The minimum Gasteiger partial charge on any atom is -0.478 e. The van der Waals surface area contributed by atoms with Crippen molar-refractivity contribution < 1.29 is 14.7 Å². The van der Waals surface area contributed by atoms with Crippen molar-refractivity contribution in [2.75, 3.05) is 32.1 Å². The SMILES string of the molecule is CN1CC[C@H](C(=O)N(C)c2ccccc2-c2sc3c(c2C(=O)O)CC(C)(C)CC3)C1. The summed E-state index contributed by atoms with van der Waals surface area (Å²) in [5.41, 5.74) is 3.15. The molecular weight excluding hydrogens is 396 g/mol. The molecule has 1 amide bonds. The lowest BCUT2D eigenvalue weighted by Crippen LogP contribution is -2.34. The first kappa shape index (κ1) is 21.1. The number of carbonyl (C=O) groups excluding carboxylic acids is 1. The second kappa shape index (κ2) is 7.82. The number of aryl methyl sites for hydroxylation is 1. The quantitative estimate of drug-likeness (QED) is 0.780. The molecule has 2 heterocycles. The summed E-state index contributed by atoms with van der Waals surface area (Å²) < 4.78 is 0. The van der Waals surface area contributed by atoms with E-state index in [0.717, 1.165) is 60.5 Å². The number of nitrogens with zero attached hydrogens (tertiary/aromatic N) is 2. The molecule has 5 nitrogen and oxygen atoms in total. The second-order valence-electron chi connectivity index (χ2n) is 9.52. The number of fused-ring (bicyclic) bond motifs is 1. The number of anilines is 1. The first-order chi connectivity index (χ1) is 14.2.